The molecule has 1 aromatic rings. The number of benzene rings is 1. The molecule has 1 aliphatic heterocycles. The third-order valence-electron chi connectivity index (χ3n) is 5.32. The highest BCUT2D eigenvalue weighted by Gasteiger charge is 2.39. The Balaban J connectivity index is 1.52. The van der Waals surface area contributed by atoms with Crippen molar-refractivity contribution in [1.29, 1.82) is 0 Å². The largest absolute Gasteiger partial charge is 0.382 e. The molecular weight excluding hydrogens is 372 g/mol. The number of rotatable bonds is 7. The van der Waals surface area contributed by atoms with Crippen LogP contribution >= 0.6 is 11.8 Å². The third kappa shape index (κ3) is 5.61. The maximum atomic E-state index is 12.6. The van der Waals surface area contributed by atoms with Gasteiger partial charge in [-0.15, -0.1) is 11.8 Å². The number of fused-ring (bicyclic) bond motifs is 1. The first-order valence-corrected chi connectivity index (χ1v) is 11.1. The van der Waals surface area contributed by atoms with Gasteiger partial charge < -0.3 is 15.4 Å². The highest BCUT2D eigenvalue weighted by molar-refractivity contribution is 8.04. The van der Waals surface area contributed by atoms with Crippen LogP contribution in [-0.2, 0) is 14.3 Å². The van der Waals surface area contributed by atoms with Crippen LogP contribution in [0.15, 0.2) is 29.2 Å². The van der Waals surface area contributed by atoms with Gasteiger partial charge in [-0.05, 0) is 51.2 Å². The average molecular weight is 403 g/mol. The number of ether oxygens (including phenoxy) is 1. The van der Waals surface area contributed by atoms with E-state index in [0.717, 1.165) is 36.2 Å². The second-order valence-corrected chi connectivity index (χ2v) is 8.79. The molecule has 6 heteroatoms. The minimum absolute atomic E-state index is 0.0168. The van der Waals surface area contributed by atoms with Crippen molar-refractivity contribution in [1.82, 2.24) is 10.6 Å². The predicted molar refractivity (Wildman–Crippen MR) is 114 cm³/mol. The van der Waals surface area contributed by atoms with Crippen LogP contribution in [0.4, 0.5) is 0 Å². The minimum Gasteiger partial charge on any atom is -0.382 e. The topological polar surface area (TPSA) is 67.4 Å². The summed E-state index contributed by atoms with van der Waals surface area (Å²) in [7, 11) is 0. The molecule has 28 heavy (non-hydrogen) atoms. The molecule has 0 aromatic heterocycles. The average Bonchev–Trinajstić information content (AvgIpc) is 2.69. The third-order valence-corrected chi connectivity index (χ3v) is 6.74. The molecule has 1 heterocycles. The van der Waals surface area contributed by atoms with Gasteiger partial charge in [-0.1, -0.05) is 29.8 Å². The summed E-state index contributed by atoms with van der Waals surface area (Å²) in [5, 5.41) is 6.50. The van der Waals surface area contributed by atoms with E-state index in [4.69, 9.17) is 4.74 Å². The number of thioether (sulfide) groups is 1. The van der Waals surface area contributed by atoms with E-state index in [1.165, 1.54) is 5.56 Å². The molecule has 2 amide bonds. The number of aryl methyl sites for hydroxylation is 1. The Kier molecular flexibility index (Phi) is 7.57. The Morgan fingerprint density at radius 1 is 1.32 bits per heavy atom. The molecule has 1 aliphatic carbocycles. The summed E-state index contributed by atoms with van der Waals surface area (Å²) >= 11 is 1.66. The van der Waals surface area contributed by atoms with Crippen molar-refractivity contribution in [3.8, 4) is 0 Å². The summed E-state index contributed by atoms with van der Waals surface area (Å²) in [6.45, 7) is 6.05. The molecule has 3 unspecified atom stereocenters. The fourth-order valence-corrected chi connectivity index (χ4v) is 5.01. The van der Waals surface area contributed by atoms with E-state index in [1.807, 2.05) is 25.1 Å². The number of amides is 2. The van der Waals surface area contributed by atoms with Crippen LogP contribution in [0.25, 0.3) is 6.08 Å². The van der Waals surface area contributed by atoms with Gasteiger partial charge >= 0.3 is 0 Å². The lowest BCUT2D eigenvalue weighted by Gasteiger charge is -2.39. The summed E-state index contributed by atoms with van der Waals surface area (Å²) in [6, 6.07) is 8.25. The standard InChI is InChI=1S/C22H30N2O3S/c1-3-27-12-4-11-23-21(25)17-9-10-19-18(14-17)24-22(26)20(28-19)13-16-7-5-15(2)6-8-16/h5-8,13,17-19H,3-4,9-12,14H2,1-2H3,(H,23,25)(H,24,26)/b20-13+. The zero-order chi connectivity index (χ0) is 19.9. The maximum Gasteiger partial charge on any atom is 0.257 e. The smallest absolute Gasteiger partial charge is 0.257 e. The van der Waals surface area contributed by atoms with Crippen LogP contribution in [0, 0.1) is 12.8 Å². The summed E-state index contributed by atoms with van der Waals surface area (Å²) in [6.07, 6.45) is 5.33. The fraction of sp³-hybridized carbons (Fsp3) is 0.545. The molecule has 2 fully saturated rings. The first-order chi connectivity index (χ1) is 13.6. The van der Waals surface area contributed by atoms with Gasteiger partial charge in [0.2, 0.25) is 5.91 Å². The van der Waals surface area contributed by atoms with Gasteiger partial charge in [0, 0.05) is 37.0 Å². The first kappa shape index (κ1) is 20.9. The van der Waals surface area contributed by atoms with Gasteiger partial charge in [-0.3, -0.25) is 9.59 Å². The van der Waals surface area contributed by atoms with E-state index in [9.17, 15) is 9.59 Å². The van der Waals surface area contributed by atoms with Crippen LogP contribution in [0.5, 0.6) is 0 Å². The van der Waals surface area contributed by atoms with Crippen LogP contribution in [-0.4, -0.2) is 42.9 Å². The van der Waals surface area contributed by atoms with Crippen LogP contribution in [0.1, 0.15) is 43.7 Å². The normalized spacial score (nSPS) is 25.9. The molecule has 1 saturated heterocycles. The second kappa shape index (κ2) is 10.1. The molecule has 152 valence electrons. The molecule has 0 bridgehead atoms. The number of hydrogen-bond acceptors (Lipinski definition) is 4. The monoisotopic (exact) mass is 402 g/mol. The van der Waals surface area contributed by atoms with E-state index in [0.29, 0.717) is 25.0 Å². The summed E-state index contributed by atoms with van der Waals surface area (Å²) < 4.78 is 5.29. The predicted octanol–water partition coefficient (Wildman–Crippen LogP) is 3.28. The Morgan fingerprint density at radius 2 is 2.11 bits per heavy atom. The van der Waals surface area contributed by atoms with E-state index in [-0.39, 0.29) is 23.8 Å². The quantitative estimate of drug-likeness (QED) is 0.543. The van der Waals surface area contributed by atoms with Gasteiger partial charge in [-0.2, -0.15) is 0 Å². The molecule has 2 N–H and O–H groups in total. The van der Waals surface area contributed by atoms with Gasteiger partial charge in [0.05, 0.1) is 4.91 Å². The summed E-state index contributed by atoms with van der Waals surface area (Å²) in [5.74, 6) is 0.0664. The summed E-state index contributed by atoms with van der Waals surface area (Å²) in [5.41, 5.74) is 2.25. The SMILES string of the molecule is CCOCCCNC(=O)C1CCC2S/C(=C/c3ccc(C)cc3)C(=O)NC2C1. The molecule has 3 rings (SSSR count). The molecule has 0 radical (unpaired) electrons. The lowest BCUT2D eigenvalue weighted by molar-refractivity contribution is -0.127. The van der Waals surface area contributed by atoms with E-state index >= 15 is 0 Å². The van der Waals surface area contributed by atoms with Gasteiger partial charge in [0.25, 0.3) is 5.91 Å². The van der Waals surface area contributed by atoms with Crippen LogP contribution in [0.3, 0.4) is 0 Å². The van der Waals surface area contributed by atoms with Crippen molar-refractivity contribution >= 4 is 29.7 Å². The summed E-state index contributed by atoms with van der Waals surface area (Å²) in [4.78, 5) is 25.8. The van der Waals surface area contributed by atoms with Gasteiger partial charge in [0.1, 0.15) is 0 Å². The van der Waals surface area contributed by atoms with Crippen molar-refractivity contribution in [2.24, 2.45) is 5.92 Å². The van der Waals surface area contributed by atoms with Crippen LogP contribution < -0.4 is 10.6 Å². The number of carbonyl (C=O) groups is 2. The zero-order valence-corrected chi connectivity index (χ0v) is 17.5. The molecule has 0 spiro atoms. The van der Waals surface area contributed by atoms with E-state index in [2.05, 4.69) is 29.7 Å². The van der Waals surface area contributed by atoms with Crippen molar-refractivity contribution < 1.29 is 14.3 Å². The lowest BCUT2D eigenvalue weighted by atomic mass is 9.84. The van der Waals surface area contributed by atoms with Gasteiger partial charge in [-0.25, -0.2) is 0 Å². The number of hydrogen-bond donors (Lipinski definition) is 2. The Hall–Kier alpha value is -1.79. The first-order valence-electron chi connectivity index (χ1n) is 10.2. The Bertz CT molecular complexity index is 717. The fourth-order valence-electron chi connectivity index (χ4n) is 3.72. The molecule has 1 saturated carbocycles. The minimum atomic E-state index is -0.0235. The van der Waals surface area contributed by atoms with Gasteiger partial charge in [0.15, 0.2) is 0 Å². The lowest BCUT2D eigenvalue weighted by Crippen LogP contribution is -2.51. The Morgan fingerprint density at radius 3 is 2.86 bits per heavy atom. The van der Waals surface area contributed by atoms with E-state index < -0.39 is 0 Å². The second-order valence-electron chi connectivity index (χ2n) is 7.51. The maximum absolute atomic E-state index is 12.6. The zero-order valence-electron chi connectivity index (χ0n) is 16.7. The number of carbonyl (C=O) groups excluding carboxylic acids is 2. The van der Waals surface area contributed by atoms with Crippen molar-refractivity contribution in [2.75, 3.05) is 19.8 Å². The molecule has 2 aliphatic rings. The van der Waals surface area contributed by atoms with Crippen molar-refractivity contribution in [2.45, 2.75) is 50.8 Å². The van der Waals surface area contributed by atoms with Crippen LogP contribution in [0.2, 0.25) is 0 Å². The van der Waals surface area contributed by atoms with Crippen molar-refractivity contribution in [3.63, 3.8) is 0 Å². The highest BCUT2D eigenvalue weighted by Crippen LogP contribution is 2.39. The highest BCUT2D eigenvalue weighted by atomic mass is 32.2. The molecule has 3 atom stereocenters. The molecular formula is C22H30N2O3S. The Labute approximate surface area is 171 Å². The molecule has 1 aromatic carbocycles. The van der Waals surface area contributed by atoms with Crippen molar-refractivity contribution in [3.05, 3.63) is 40.3 Å². The number of nitrogens with one attached hydrogen (secondary N) is 2. The van der Waals surface area contributed by atoms with E-state index in [1.54, 1.807) is 11.8 Å². The molecule has 5 nitrogen and oxygen atoms in total.